The first-order valence-corrected chi connectivity index (χ1v) is 15.4. The van der Waals surface area contributed by atoms with Gasteiger partial charge in [-0.3, -0.25) is 4.79 Å². The first-order chi connectivity index (χ1) is 19.4. The van der Waals surface area contributed by atoms with Crippen molar-refractivity contribution in [2.24, 2.45) is 0 Å². The fourth-order valence-corrected chi connectivity index (χ4v) is 6.41. The molecule has 2 amide bonds. The number of rotatable bonds is 7. The van der Waals surface area contributed by atoms with Gasteiger partial charge in [0.2, 0.25) is 5.95 Å². The lowest BCUT2D eigenvalue weighted by molar-refractivity contribution is 0.0498. The first kappa shape index (κ1) is 31.1. The van der Waals surface area contributed by atoms with E-state index in [4.69, 9.17) is 26.1 Å². The molecule has 1 saturated heterocycles. The zero-order chi connectivity index (χ0) is 29.9. The summed E-state index contributed by atoms with van der Waals surface area (Å²) in [5.41, 5.74) is 1.05. The maximum Gasteiger partial charge on any atom is 0.407 e. The number of halogens is 2. The predicted molar refractivity (Wildman–Crippen MR) is 168 cm³/mol. The molecule has 1 aliphatic heterocycles. The lowest BCUT2D eigenvalue weighted by atomic mass is 10.1. The van der Waals surface area contributed by atoms with E-state index in [-0.39, 0.29) is 11.9 Å². The van der Waals surface area contributed by atoms with E-state index >= 15 is 0 Å². The fraction of sp³-hybridized carbons (Fsp3) is 0.429. The van der Waals surface area contributed by atoms with Crippen molar-refractivity contribution < 1.29 is 23.9 Å². The van der Waals surface area contributed by atoms with Gasteiger partial charge in [0.25, 0.3) is 5.91 Å². The second kappa shape index (κ2) is 13.0. The third kappa shape index (κ3) is 7.33. The number of piperidine rings is 1. The van der Waals surface area contributed by atoms with Crippen molar-refractivity contribution in [2.45, 2.75) is 51.8 Å². The summed E-state index contributed by atoms with van der Waals surface area (Å²) in [6.07, 6.45) is 1.14. The third-order valence-corrected chi connectivity index (χ3v) is 8.50. The average Bonchev–Trinajstić information content (AvgIpc) is 3.52. The predicted octanol–water partition coefficient (Wildman–Crippen LogP) is 5.81. The maximum absolute atomic E-state index is 14.0. The number of ether oxygens (including phenoxy) is 2. The van der Waals surface area contributed by atoms with Crippen LogP contribution in [0.3, 0.4) is 0 Å². The van der Waals surface area contributed by atoms with Gasteiger partial charge in [-0.15, -0.1) is 11.3 Å². The monoisotopic (exact) mass is 713 g/mol. The summed E-state index contributed by atoms with van der Waals surface area (Å²) in [6.45, 7) is 6.97. The minimum Gasteiger partial charge on any atom is -0.465 e. The number of amides is 2. The van der Waals surface area contributed by atoms with E-state index in [0.29, 0.717) is 50.6 Å². The number of carbonyl (C=O) groups excluding carboxylic acids is 3. The molecule has 0 radical (unpaired) electrons. The second-order valence-corrected chi connectivity index (χ2v) is 13.0. The van der Waals surface area contributed by atoms with Crippen molar-refractivity contribution >= 4 is 75.1 Å². The van der Waals surface area contributed by atoms with Crippen molar-refractivity contribution in [1.82, 2.24) is 14.9 Å². The molecule has 220 valence electrons. The number of benzene rings is 1. The van der Waals surface area contributed by atoms with Crippen LogP contribution in [0, 0.1) is 3.70 Å². The molecule has 0 spiro atoms. The average molecular weight is 714 g/mol. The number of imidazole rings is 1. The normalized spacial score (nSPS) is 15.4. The summed E-state index contributed by atoms with van der Waals surface area (Å²) in [5, 5.41) is 5.29. The molecule has 1 fully saturated rings. The number of alkyl carbamates (subject to hydrolysis) is 1. The van der Waals surface area contributed by atoms with E-state index in [0.717, 1.165) is 18.4 Å². The highest BCUT2D eigenvalue weighted by Crippen LogP contribution is 2.32. The summed E-state index contributed by atoms with van der Waals surface area (Å²) >= 11 is 9.83. The van der Waals surface area contributed by atoms with Gasteiger partial charge < -0.3 is 29.2 Å². The van der Waals surface area contributed by atoms with E-state index in [9.17, 15) is 14.4 Å². The van der Waals surface area contributed by atoms with Crippen LogP contribution in [0.2, 0.25) is 5.02 Å². The van der Waals surface area contributed by atoms with E-state index in [1.165, 1.54) is 23.3 Å². The lowest BCUT2D eigenvalue weighted by Gasteiger charge is -2.34. The van der Waals surface area contributed by atoms with Crippen LogP contribution < -0.4 is 15.1 Å². The highest BCUT2D eigenvalue weighted by atomic mass is 127. The quantitative estimate of drug-likeness (QED) is 0.244. The van der Waals surface area contributed by atoms with Gasteiger partial charge in [-0.1, -0.05) is 29.8 Å². The Labute approximate surface area is 262 Å². The van der Waals surface area contributed by atoms with Crippen LogP contribution in [-0.4, -0.2) is 66.4 Å². The van der Waals surface area contributed by atoms with Crippen LogP contribution in [0.1, 0.15) is 59.3 Å². The zero-order valence-electron chi connectivity index (χ0n) is 23.6. The fourth-order valence-electron chi connectivity index (χ4n) is 4.64. The van der Waals surface area contributed by atoms with Gasteiger partial charge in [0, 0.05) is 31.2 Å². The molecule has 10 nitrogen and oxygen atoms in total. The Bertz CT molecular complexity index is 1440. The van der Waals surface area contributed by atoms with Gasteiger partial charge in [0.15, 0.2) is 0 Å². The molecule has 1 aliphatic rings. The number of methoxy groups -OCH3 is 1. The van der Waals surface area contributed by atoms with Crippen molar-refractivity contribution in [3.8, 4) is 0 Å². The Balaban J connectivity index is 1.70. The minimum absolute atomic E-state index is 0.156. The highest BCUT2D eigenvalue weighted by Gasteiger charge is 2.32. The van der Waals surface area contributed by atoms with E-state index < -0.39 is 17.7 Å². The third-order valence-electron chi connectivity index (χ3n) is 6.50. The van der Waals surface area contributed by atoms with Crippen molar-refractivity contribution in [1.29, 1.82) is 0 Å². The SMILES string of the molecule is COC(=O)c1sccc1N(C)C(=O)c1c(I)nc(N2CCC[C@@H](NC(=O)OC(C)(C)C)C2)n1Cc1ccccc1Cl. The van der Waals surface area contributed by atoms with Crippen LogP contribution >= 0.6 is 45.5 Å². The molecule has 2 aromatic heterocycles. The van der Waals surface area contributed by atoms with Gasteiger partial charge in [-0.2, -0.15) is 0 Å². The van der Waals surface area contributed by atoms with Gasteiger partial charge >= 0.3 is 12.1 Å². The van der Waals surface area contributed by atoms with Crippen LogP contribution in [0.4, 0.5) is 16.4 Å². The number of thiophene rings is 1. The minimum atomic E-state index is -0.600. The van der Waals surface area contributed by atoms with Crippen molar-refractivity contribution in [3.63, 3.8) is 0 Å². The number of hydrogen-bond donors (Lipinski definition) is 1. The number of aromatic nitrogens is 2. The standard InChI is InChI=1S/C28H33ClIN5O5S/c1-28(2,3)40-27(38)31-18-10-8-13-34(16-18)26-32-23(30)21(35(26)15-17-9-6-7-11-19(17)29)24(36)33(4)20-12-14-41-22(20)25(37)39-5/h6-7,9,11-12,14,18H,8,10,13,15-16H2,1-5H3,(H,31,38)/t18-/m1/s1. The molecule has 0 aliphatic carbocycles. The number of anilines is 2. The number of nitrogens with zero attached hydrogens (tertiary/aromatic N) is 4. The largest absolute Gasteiger partial charge is 0.465 e. The van der Waals surface area contributed by atoms with Gasteiger partial charge in [-0.05, 0) is 79.3 Å². The highest BCUT2D eigenvalue weighted by molar-refractivity contribution is 14.1. The summed E-state index contributed by atoms with van der Waals surface area (Å²) in [5.74, 6) is -0.240. The molecule has 1 atom stereocenters. The number of hydrogen-bond acceptors (Lipinski definition) is 8. The molecule has 41 heavy (non-hydrogen) atoms. The van der Waals surface area contributed by atoms with Crippen LogP contribution in [0.5, 0.6) is 0 Å². The molecule has 0 saturated carbocycles. The molecule has 0 bridgehead atoms. The summed E-state index contributed by atoms with van der Waals surface area (Å²) in [6, 6.07) is 9.03. The summed E-state index contributed by atoms with van der Waals surface area (Å²) < 4.78 is 12.7. The van der Waals surface area contributed by atoms with Gasteiger partial charge in [-0.25, -0.2) is 14.6 Å². The van der Waals surface area contributed by atoms with Gasteiger partial charge in [0.05, 0.1) is 19.3 Å². The molecular weight excluding hydrogens is 681 g/mol. The van der Waals surface area contributed by atoms with E-state index in [1.807, 2.05) is 49.6 Å². The first-order valence-electron chi connectivity index (χ1n) is 13.1. The van der Waals surface area contributed by atoms with E-state index in [2.05, 4.69) is 32.8 Å². The molecule has 3 heterocycles. The van der Waals surface area contributed by atoms with Crippen LogP contribution in [0.25, 0.3) is 0 Å². The Hall–Kier alpha value is -2.84. The zero-order valence-corrected chi connectivity index (χ0v) is 27.3. The molecule has 3 aromatic rings. The topological polar surface area (TPSA) is 106 Å². The lowest BCUT2D eigenvalue weighted by Crippen LogP contribution is -2.49. The Morgan fingerprint density at radius 2 is 1.98 bits per heavy atom. The van der Waals surface area contributed by atoms with Crippen molar-refractivity contribution in [3.05, 3.63) is 60.6 Å². The second-order valence-electron chi connectivity index (χ2n) is 10.7. The summed E-state index contributed by atoms with van der Waals surface area (Å²) in [4.78, 5) is 47.6. The molecule has 1 aromatic carbocycles. The smallest absolute Gasteiger partial charge is 0.407 e. The number of nitrogens with one attached hydrogen (secondary N) is 1. The molecule has 13 heteroatoms. The number of carbonyl (C=O) groups is 3. The Morgan fingerprint density at radius 3 is 2.66 bits per heavy atom. The van der Waals surface area contributed by atoms with Crippen LogP contribution in [0.15, 0.2) is 35.7 Å². The van der Waals surface area contributed by atoms with E-state index in [1.54, 1.807) is 18.5 Å². The number of esters is 1. The molecular formula is C28H33ClIN5O5S. The maximum atomic E-state index is 14.0. The molecule has 0 unspecified atom stereocenters. The van der Waals surface area contributed by atoms with Crippen LogP contribution in [-0.2, 0) is 16.0 Å². The Morgan fingerprint density at radius 1 is 1.24 bits per heavy atom. The Kier molecular flexibility index (Phi) is 9.85. The van der Waals surface area contributed by atoms with Gasteiger partial charge in [0.1, 0.15) is 19.9 Å². The van der Waals surface area contributed by atoms with Crippen molar-refractivity contribution in [2.75, 3.05) is 37.0 Å². The molecule has 4 rings (SSSR count). The molecule has 1 N–H and O–H groups in total. The summed E-state index contributed by atoms with van der Waals surface area (Å²) in [7, 11) is 2.94.